The molecule has 0 heterocycles. The van der Waals surface area contributed by atoms with Crippen LogP contribution in [0, 0.1) is 3.57 Å². The molecule has 0 fully saturated rings. The number of phenols is 1. The highest BCUT2D eigenvalue weighted by molar-refractivity contribution is 14.1. The number of hydrogen-bond acceptors (Lipinski definition) is 4. The lowest BCUT2D eigenvalue weighted by atomic mass is 10.1. The number of benzene rings is 2. The predicted molar refractivity (Wildman–Crippen MR) is 133 cm³/mol. The monoisotopic (exact) mass is 602 g/mol. The number of ether oxygens (including phenoxy) is 1. The Hall–Kier alpha value is -1.81. The van der Waals surface area contributed by atoms with E-state index in [1.165, 1.54) is 0 Å². The van der Waals surface area contributed by atoms with E-state index in [4.69, 9.17) is 4.74 Å². The summed E-state index contributed by atoms with van der Waals surface area (Å²) in [5, 5.41) is 12.2. The molecule has 0 saturated carbocycles. The molecule has 2 N–H and O–H groups in total. The van der Waals surface area contributed by atoms with Crippen LogP contribution in [0.1, 0.15) is 30.9 Å². The number of hydrogen-bond donors (Lipinski definition) is 2. The Morgan fingerprint density at radius 1 is 1.19 bits per heavy atom. The zero-order valence-corrected chi connectivity index (χ0v) is 21.5. The van der Waals surface area contributed by atoms with Crippen LogP contribution in [0.4, 0.5) is 0 Å². The molecule has 0 spiro atoms. The fraction of sp³-hybridized carbons (Fsp3) is 0.391. The van der Waals surface area contributed by atoms with Gasteiger partial charge in [0.25, 0.3) is 0 Å². The van der Waals surface area contributed by atoms with Crippen LogP contribution in [0.15, 0.2) is 40.9 Å². The van der Waals surface area contributed by atoms with Crippen LogP contribution in [0.2, 0.25) is 0 Å². The van der Waals surface area contributed by atoms with Crippen LogP contribution in [-0.2, 0) is 22.4 Å². The van der Waals surface area contributed by atoms with E-state index in [-0.39, 0.29) is 24.0 Å². The van der Waals surface area contributed by atoms with Gasteiger partial charge in [-0.2, -0.15) is 0 Å². The van der Waals surface area contributed by atoms with Gasteiger partial charge in [0.1, 0.15) is 11.5 Å². The molecule has 0 aliphatic rings. The number of rotatable bonds is 11. The molecule has 168 valence electrons. The summed E-state index contributed by atoms with van der Waals surface area (Å²) in [6, 6.07) is 10.7. The molecule has 8 heteroatoms. The average Bonchev–Trinajstić information content (AvgIpc) is 2.74. The van der Waals surface area contributed by atoms with E-state index >= 15 is 0 Å². The number of halogens is 2. The van der Waals surface area contributed by atoms with Crippen molar-refractivity contribution in [1.82, 2.24) is 10.2 Å². The van der Waals surface area contributed by atoms with E-state index in [1.54, 1.807) is 29.2 Å². The first-order chi connectivity index (χ1) is 14.8. The van der Waals surface area contributed by atoms with Crippen LogP contribution >= 0.6 is 38.5 Å². The highest BCUT2D eigenvalue weighted by atomic mass is 127. The quantitative estimate of drug-likeness (QED) is 0.297. The highest BCUT2D eigenvalue weighted by Gasteiger charge is 2.11. The van der Waals surface area contributed by atoms with Crippen molar-refractivity contribution in [2.24, 2.45) is 0 Å². The SMILES string of the molecule is CCC(=O)N(C)CCc1cc(Br)c(OCCCNC(=O)Cc2ccc(O)cc2)c(I)c1. The van der Waals surface area contributed by atoms with E-state index in [2.05, 4.69) is 49.9 Å². The third kappa shape index (κ3) is 8.68. The molecule has 0 radical (unpaired) electrons. The Balaban J connectivity index is 1.74. The smallest absolute Gasteiger partial charge is 0.224 e. The molecule has 2 rings (SSSR count). The van der Waals surface area contributed by atoms with Crippen molar-refractivity contribution < 1.29 is 19.4 Å². The topological polar surface area (TPSA) is 78.9 Å². The number of aromatic hydroxyl groups is 1. The van der Waals surface area contributed by atoms with Crippen LogP contribution in [0.5, 0.6) is 11.5 Å². The maximum atomic E-state index is 12.0. The second-order valence-corrected chi connectivity index (χ2v) is 9.22. The summed E-state index contributed by atoms with van der Waals surface area (Å²) in [5.74, 6) is 1.06. The molecule has 2 amide bonds. The molecule has 0 saturated heterocycles. The van der Waals surface area contributed by atoms with Gasteiger partial charge < -0.3 is 20.1 Å². The molecule has 31 heavy (non-hydrogen) atoms. The molecule has 0 atom stereocenters. The van der Waals surface area contributed by atoms with Crippen molar-refractivity contribution in [1.29, 1.82) is 0 Å². The first-order valence-corrected chi connectivity index (χ1v) is 12.1. The summed E-state index contributed by atoms with van der Waals surface area (Å²) in [5.41, 5.74) is 2.00. The Bertz CT molecular complexity index is 867. The number of nitrogens with zero attached hydrogens (tertiary/aromatic N) is 1. The molecule has 0 aliphatic heterocycles. The highest BCUT2D eigenvalue weighted by Crippen LogP contribution is 2.32. The number of phenolic OH excluding ortho intramolecular Hbond substituents is 1. The zero-order chi connectivity index (χ0) is 22.8. The van der Waals surface area contributed by atoms with Crippen molar-refractivity contribution in [2.75, 3.05) is 26.7 Å². The fourth-order valence-corrected chi connectivity index (χ4v) is 4.76. The Morgan fingerprint density at radius 3 is 2.55 bits per heavy atom. The molecule has 0 unspecified atom stereocenters. The summed E-state index contributed by atoms with van der Waals surface area (Å²) in [6.07, 6.45) is 2.27. The number of likely N-dealkylation sites (N-methyl/N-ethyl adjacent to an activating group) is 1. The third-order valence-electron chi connectivity index (χ3n) is 4.71. The molecule has 6 nitrogen and oxygen atoms in total. The fourth-order valence-electron chi connectivity index (χ4n) is 2.92. The maximum absolute atomic E-state index is 12.0. The second kappa shape index (κ2) is 12.9. The Morgan fingerprint density at radius 2 is 1.90 bits per heavy atom. The Kier molecular flexibility index (Phi) is 10.6. The van der Waals surface area contributed by atoms with E-state index in [9.17, 15) is 14.7 Å². The number of carbonyl (C=O) groups excluding carboxylic acids is 2. The lowest BCUT2D eigenvalue weighted by Crippen LogP contribution is -2.28. The first-order valence-electron chi connectivity index (χ1n) is 10.2. The summed E-state index contributed by atoms with van der Waals surface area (Å²) in [6.45, 7) is 3.56. The van der Waals surface area contributed by atoms with Crippen molar-refractivity contribution in [2.45, 2.75) is 32.6 Å². The van der Waals surface area contributed by atoms with Gasteiger partial charge in [-0.3, -0.25) is 9.59 Å². The van der Waals surface area contributed by atoms with E-state index in [0.29, 0.717) is 32.5 Å². The van der Waals surface area contributed by atoms with Gasteiger partial charge in [0, 0.05) is 26.6 Å². The van der Waals surface area contributed by atoms with Gasteiger partial charge in [-0.15, -0.1) is 0 Å². The van der Waals surface area contributed by atoms with Crippen molar-refractivity contribution in [3.05, 3.63) is 55.6 Å². The predicted octanol–water partition coefficient (Wildman–Crippen LogP) is 4.30. The van der Waals surface area contributed by atoms with E-state index in [0.717, 1.165) is 31.3 Å². The number of nitrogens with one attached hydrogen (secondary N) is 1. The minimum Gasteiger partial charge on any atom is -0.508 e. The van der Waals surface area contributed by atoms with E-state index in [1.807, 2.05) is 20.0 Å². The molecular weight excluding hydrogens is 575 g/mol. The van der Waals surface area contributed by atoms with Crippen molar-refractivity contribution in [3.63, 3.8) is 0 Å². The maximum Gasteiger partial charge on any atom is 0.224 e. The minimum atomic E-state index is -0.0580. The van der Waals surface area contributed by atoms with Crippen LogP contribution in [-0.4, -0.2) is 48.6 Å². The summed E-state index contributed by atoms with van der Waals surface area (Å²) in [4.78, 5) is 25.4. The van der Waals surface area contributed by atoms with Gasteiger partial charge >= 0.3 is 0 Å². The number of carbonyl (C=O) groups is 2. The van der Waals surface area contributed by atoms with Crippen LogP contribution < -0.4 is 10.1 Å². The normalized spacial score (nSPS) is 10.6. The summed E-state index contributed by atoms with van der Waals surface area (Å²) >= 11 is 5.84. The molecule has 0 bridgehead atoms. The lowest BCUT2D eigenvalue weighted by Gasteiger charge is -2.17. The van der Waals surface area contributed by atoms with Gasteiger partial charge in [0.2, 0.25) is 11.8 Å². The number of amides is 2. The lowest BCUT2D eigenvalue weighted by molar-refractivity contribution is -0.129. The molecule has 2 aromatic carbocycles. The molecule has 0 aromatic heterocycles. The van der Waals surface area contributed by atoms with Gasteiger partial charge in [-0.25, -0.2) is 0 Å². The Labute approximate surface area is 205 Å². The van der Waals surface area contributed by atoms with Gasteiger partial charge in [-0.05, 0) is 86.8 Å². The van der Waals surface area contributed by atoms with E-state index < -0.39 is 0 Å². The van der Waals surface area contributed by atoms with Gasteiger partial charge in [0.15, 0.2) is 0 Å². The minimum absolute atomic E-state index is 0.0580. The molecular formula is C23H28BrIN2O4. The summed E-state index contributed by atoms with van der Waals surface area (Å²) < 4.78 is 7.81. The summed E-state index contributed by atoms with van der Waals surface area (Å²) in [7, 11) is 1.83. The van der Waals surface area contributed by atoms with Gasteiger partial charge in [-0.1, -0.05) is 19.1 Å². The zero-order valence-electron chi connectivity index (χ0n) is 17.8. The second-order valence-electron chi connectivity index (χ2n) is 7.20. The van der Waals surface area contributed by atoms with Crippen molar-refractivity contribution in [3.8, 4) is 11.5 Å². The van der Waals surface area contributed by atoms with Gasteiger partial charge in [0.05, 0.1) is 21.1 Å². The van der Waals surface area contributed by atoms with Crippen LogP contribution in [0.25, 0.3) is 0 Å². The first kappa shape index (κ1) is 25.5. The molecule has 0 aliphatic carbocycles. The molecule has 2 aromatic rings. The largest absolute Gasteiger partial charge is 0.508 e. The van der Waals surface area contributed by atoms with Crippen molar-refractivity contribution >= 4 is 50.3 Å². The standard InChI is InChI=1S/C23H28BrIN2O4/c1-3-22(30)27(2)11-9-17-13-19(24)23(20(25)14-17)31-12-4-10-26-21(29)15-16-5-7-18(28)8-6-16/h5-8,13-14,28H,3-4,9-12,15H2,1-2H3,(H,26,29). The average molecular weight is 603 g/mol. The van der Waals surface area contributed by atoms with Crippen LogP contribution in [0.3, 0.4) is 0 Å². The third-order valence-corrected chi connectivity index (χ3v) is 6.10.